The molecule has 4 amide bonds. The molecule has 1 saturated heterocycles. The molecule has 1 unspecified atom stereocenters. The number of hydrogen-bond donors (Lipinski definition) is 3. The summed E-state index contributed by atoms with van der Waals surface area (Å²) >= 11 is 8.41. The maximum absolute atomic E-state index is 13.4. The normalized spacial score (nSPS) is 16.0. The Morgan fingerprint density at radius 3 is 2.50 bits per heavy atom. The van der Waals surface area contributed by atoms with Crippen LogP contribution in [0.15, 0.2) is 72.8 Å². The Morgan fingerprint density at radius 1 is 1.11 bits per heavy atom. The number of anilines is 1. The van der Waals surface area contributed by atoms with Crippen molar-refractivity contribution in [3.8, 4) is 5.75 Å². The molecule has 3 aromatic rings. The molecule has 8 nitrogen and oxygen atoms in total. The predicted octanol–water partition coefficient (Wildman–Crippen LogP) is 4.16. The predicted molar refractivity (Wildman–Crippen MR) is 144 cm³/mol. The topological polar surface area (TPSA) is 108 Å². The molecule has 0 radical (unpaired) electrons. The molecule has 10 heteroatoms. The molecular weight excluding hydrogens is 597 g/mol. The SMILES string of the molecule is O=C(Nc1ccc(I)cc1Cl)C(Cc1ccccc1)N1C(=O)N[C@H](c2ccc(OCCO)cc2)C1=O. The van der Waals surface area contributed by atoms with Crippen LogP contribution in [0, 0.1) is 3.57 Å². The lowest BCUT2D eigenvalue weighted by atomic mass is 10.0. The van der Waals surface area contributed by atoms with Gasteiger partial charge in [0.2, 0.25) is 5.91 Å². The number of aliphatic hydroxyl groups is 1. The van der Waals surface area contributed by atoms with Gasteiger partial charge in [0.1, 0.15) is 24.4 Å². The Bertz CT molecular complexity index is 1260. The van der Waals surface area contributed by atoms with E-state index in [-0.39, 0.29) is 19.6 Å². The van der Waals surface area contributed by atoms with Gasteiger partial charge in [-0.15, -0.1) is 0 Å². The molecule has 1 heterocycles. The van der Waals surface area contributed by atoms with E-state index in [1.54, 1.807) is 42.5 Å². The van der Waals surface area contributed by atoms with E-state index in [0.29, 0.717) is 22.0 Å². The fourth-order valence-electron chi connectivity index (χ4n) is 3.88. The van der Waals surface area contributed by atoms with Crippen molar-refractivity contribution in [1.29, 1.82) is 0 Å². The van der Waals surface area contributed by atoms with Crippen LogP contribution in [0.4, 0.5) is 10.5 Å². The number of urea groups is 1. The fourth-order valence-corrected chi connectivity index (χ4v) is 4.78. The summed E-state index contributed by atoms with van der Waals surface area (Å²) in [7, 11) is 0. The molecule has 0 aromatic heterocycles. The van der Waals surface area contributed by atoms with Crippen molar-refractivity contribution in [2.24, 2.45) is 0 Å². The first-order valence-corrected chi connectivity index (χ1v) is 12.6. The smallest absolute Gasteiger partial charge is 0.325 e. The van der Waals surface area contributed by atoms with Gasteiger partial charge >= 0.3 is 6.03 Å². The van der Waals surface area contributed by atoms with E-state index in [4.69, 9.17) is 21.4 Å². The van der Waals surface area contributed by atoms with Gasteiger partial charge in [0.15, 0.2) is 0 Å². The van der Waals surface area contributed by atoms with Crippen molar-refractivity contribution in [1.82, 2.24) is 10.2 Å². The van der Waals surface area contributed by atoms with E-state index >= 15 is 0 Å². The second kappa shape index (κ2) is 11.7. The number of aliphatic hydroxyl groups excluding tert-OH is 1. The number of amides is 4. The maximum Gasteiger partial charge on any atom is 0.325 e. The summed E-state index contributed by atoms with van der Waals surface area (Å²) in [6.45, 7) is 0.0270. The molecule has 3 aromatic carbocycles. The third-order valence-corrected chi connectivity index (χ3v) is 6.60. The zero-order valence-electron chi connectivity index (χ0n) is 19.0. The number of halogens is 2. The van der Waals surface area contributed by atoms with Crippen molar-refractivity contribution >= 4 is 57.7 Å². The molecule has 0 bridgehead atoms. The molecule has 4 rings (SSSR count). The van der Waals surface area contributed by atoms with Crippen molar-refractivity contribution in [3.63, 3.8) is 0 Å². The molecule has 1 aliphatic heterocycles. The largest absolute Gasteiger partial charge is 0.491 e. The highest BCUT2D eigenvalue weighted by atomic mass is 127. The molecule has 0 saturated carbocycles. The lowest BCUT2D eigenvalue weighted by Crippen LogP contribution is -2.49. The Kier molecular flexibility index (Phi) is 8.44. The molecule has 2 atom stereocenters. The van der Waals surface area contributed by atoms with E-state index in [0.717, 1.165) is 14.0 Å². The van der Waals surface area contributed by atoms with E-state index in [1.807, 2.05) is 30.3 Å². The van der Waals surface area contributed by atoms with Crippen LogP contribution in [0.25, 0.3) is 0 Å². The Morgan fingerprint density at radius 2 is 1.83 bits per heavy atom. The summed E-state index contributed by atoms with van der Waals surface area (Å²) in [5.74, 6) is -0.537. The van der Waals surface area contributed by atoms with Gasteiger partial charge in [-0.05, 0) is 64.0 Å². The van der Waals surface area contributed by atoms with E-state index in [2.05, 4.69) is 33.2 Å². The van der Waals surface area contributed by atoms with Crippen LogP contribution < -0.4 is 15.4 Å². The second-order valence-corrected chi connectivity index (χ2v) is 9.70. The molecule has 1 fully saturated rings. The van der Waals surface area contributed by atoms with Crippen LogP contribution >= 0.6 is 34.2 Å². The monoisotopic (exact) mass is 619 g/mol. The van der Waals surface area contributed by atoms with Gasteiger partial charge in [-0.1, -0.05) is 54.1 Å². The highest BCUT2D eigenvalue weighted by Gasteiger charge is 2.45. The minimum Gasteiger partial charge on any atom is -0.491 e. The Labute approximate surface area is 226 Å². The quantitative estimate of drug-likeness (QED) is 0.246. The minimum absolute atomic E-state index is 0.119. The van der Waals surface area contributed by atoms with Gasteiger partial charge in [-0.25, -0.2) is 9.69 Å². The maximum atomic E-state index is 13.4. The fraction of sp³-hybridized carbons (Fsp3) is 0.192. The molecule has 0 aliphatic carbocycles. The average molecular weight is 620 g/mol. The standard InChI is InChI=1S/C26H23ClIN3O5/c27-20-15-18(28)8-11-21(20)29-24(33)22(14-16-4-2-1-3-5-16)31-25(34)23(30-26(31)35)17-6-9-19(10-7-17)36-13-12-32/h1-11,15,22-23,32H,12-14H2,(H,29,33)(H,30,35)/t22?,23-/m1/s1. The van der Waals surface area contributed by atoms with Gasteiger partial charge in [0.05, 0.1) is 17.3 Å². The number of imide groups is 1. The van der Waals surface area contributed by atoms with Crippen LogP contribution in [-0.2, 0) is 16.0 Å². The molecule has 3 N–H and O–H groups in total. The number of nitrogens with zero attached hydrogens (tertiary/aromatic N) is 1. The molecular formula is C26H23ClIN3O5. The lowest BCUT2D eigenvalue weighted by Gasteiger charge is -2.25. The Hall–Kier alpha value is -3.15. The van der Waals surface area contributed by atoms with Crippen LogP contribution in [0.5, 0.6) is 5.75 Å². The molecule has 0 spiro atoms. The Balaban J connectivity index is 1.60. The van der Waals surface area contributed by atoms with Gasteiger partial charge in [0.25, 0.3) is 5.91 Å². The van der Waals surface area contributed by atoms with Gasteiger partial charge in [0, 0.05) is 9.99 Å². The van der Waals surface area contributed by atoms with Crippen molar-refractivity contribution in [2.75, 3.05) is 18.5 Å². The number of ether oxygens (including phenoxy) is 1. The minimum atomic E-state index is -1.10. The third kappa shape index (κ3) is 5.97. The zero-order valence-corrected chi connectivity index (χ0v) is 21.9. The van der Waals surface area contributed by atoms with Crippen LogP contribution in [0.1, 0.15) is 17.2 Å². The summed E-state index contributed by atoms with van der Waals surface area (Å²) < 4.78 is 6.26. The first-order chi connectivity index (χ1) is 17.4. The summed E-state index contributed by atoms with van der Waals surface area (Å²) in [4.78, 5) is 40.9. The summed E-state index contributed by atoms with van der Waals surface area (Å²) in [5, 5.41) is 14.7. The number of rotatable bonds is 9. The van der Waals surface area contributed by atoms with Crippen LogP contribution in [0.2, 0.25) is 5.02 Å². The first-order valence-electron chi connectivity index (χ1n) is 11.1. The van der Waals surface area contributed by atoms with Crippen molar-refractivity contribution < 1.29 is 24.2 Å². The number of nitrogens with one attached hydrogen (secondary N) is 2. The summed E-state index contributed by atoms with van der Waals surface area (Å²) in [6, 6.07) is 18.3. The van der Waals surface area contributed by atoms with Crippen molar-refractivity contribution in [3.05, 3.63) is 92.5 Å². The molecule has 186 valence electrons. The first kappa shape index (κ1) is 25.9. The van der Waals surface area contributed by atoms with Gasteiger partial charge in [-0.3, -0.25) is 9.59 Å². The van der Waals surface area contributed by atoms with E-state index in [1.165, 1.54) is 0 Å². The zero-order chi connectivity index (χ0) is 25.7. The average Bonchev–Trinajstić information content (AvgIpc) is 3.17. The lowest BCUT2D eigenvalue weighted by molar-refractivity contribution is -0.134. The van der Waals surface area contributed by atoms with Crippen LogP contribution in [-0.4, -0.2) is 47.1 Å². The van der Waals surface area contributed by atoms with Gasteiger partial charge < -0.3 is 20.5 Å². The number of hydrogen-bond acceptors (Lipinski definition) is 5. The number of benzene rings is 3. The molecule has 36 heavy (non-hydrogen) atoms. The second-order valence-electron chi connectivity index (χ2n) is 8.05. The highest BCUT2D eigenvalue weighted by Crippen LogP contribution is 2.28. The number of carbonyl (C=O) groups excluding carboxylic acids is 3. The third-order valence-electron chi connectivity index (χ3n) is 5.62. The molecule has 1 aliphatic rings. The highest BCUT2D eigenvalue weighted by molar-refractivity contribution is 14.1. The van der Waals surface area contributed by atoms with Crippen molar-refractivity contribution in [2.45, 2.75) is 18.5 Å². The number of carbonyl (C=O) groups is 3. The van der Waals surface area contributed by atoms with E-state index in [9.17, 15) is 14.4 Å². The summed E-state index contributed by atoms with van der Waals surface area (Å²) in [5.41, 5.74) is 1.73. The van der Waals surface area contributed by atoms with Crippen LogP contribution in [0.3, 0.4) is 0 Å². The van der Waals surface area contributed by atoms with Gasteiger partial charge in [-0.2, -0.15) is 0 Å². The van der Waals surface area contributed by atoms with E-state index < -0.39 is 29.9 Å². The summed E-state index contributed by atoms with van der Waals surface area (Å²) in [6.07, 6.45) is 0.133.